The van der Waals surface area contributed by atoms with Gasteiger partial charge in [0.25, 0.3) is 10.1 Å². The van der Waals surface area contributed by atoms with Crippen LogP contribution in [0.25, 0.3) is 0 Å². The molecular formula is C14H15N3O3S. The van der Waals surface area contributed by atoms with Crippen LogP contribution in [0.15, 0.2) is 51.5 Å². The molecule has 0 aliphatic carbocycles. The van der Waals surface area contributed by atoms with E-state index in [4.69, 9.17) is 10.3 Å². The van der Waals surface area contributed by atoms with Gasteiger partial charge in [0.15, 0.2) is 0 Å². The van der Waals surface area contributed by atoms with Crippen molar-refractivity contribution in [3.05, 3.63) is 47.5 Å². The number of hydrogen-bond acceptors (Lipinski definition) is 5. The second kappa shape index (κ2) is 5.63. The number of rotatable bonds is 3. The Morgan fingerprint density at radius 2 is 1.43 bits per heavy atom. The van der Waals surface area contributed by atoms with E-state index < -0.39 is 10.1 Å². The molecule has 110 valence electrons. The zero-order valence-corrected chi connectivity index (χ0v) is 12.4. The van der Waals surface area contributed by atoms with E-state index in [9.17, 15) is 8.42 Å². The molecule has 0 aliphatic heterocycles. The van der Waals surface area contributed by atoms with Gasteiger partial charge in [-0.25, -0.2) is 0 Å². The number of nitrogens with zero attached hydrogens (tertiary/aromatic N) is 2. The summed E-state index contributed by atoms with van der Waals surface area (Å²) in [5, 5.41) is 8.11. The van der Waals surface area contributed by atoms with Crippen LogP contribution < -0.4 is 5.73 Å². The molecule has 0 heterocycles. The van der Waals surface area contributed by atoms with E-state index in [1.165, 1.54) is 24.3 Å². The molecule has 0 saturated heterocycles. The summed E-state index contributed by atoms with van der Waals surface area (Å²) >= 11 is 0. The highest BCUT2D eigenvalue weighted by Crippen LogP contribution is 2.26. The monoisotopic (exact) mass is 305 g/mol. The van der Waals surface area contributed by atoms with Gasteiger partial charge in [0, 0.05) is 5.69 Å². The van der Waals surface area contributed by atoms with Crippen molar-refractivity contribution in [2.24, 2.45) is 10.2 Å². The van der Waals surface area contributed by atoms with Crippen LogP contribution in [-0.2, 0) is 10.1 Å². The number of anilines is 1. The van der Waals surface area contributed by atoms with Gasteiger partial charge in [-0.15, -0.1) is 0 Å². The quantitative estimate of drug-likeness (QED) is 0.514. The standard InChI is InChI=1S/C14H15N3O3S/c1-9-7-12(8-10(2)14(9)15)17-16-11-3-5-13(6-4-11)21(18,19)20/h3-8H,15H2,1-2H3,(H,18,19,20). The molecule has 7 heteroatoms. The average Bonchev–Trinajstić information content (AvgIpc) is 2.42. The van der Waals surface area contributed by atoms with Crippen LogP contribution in [0.1, 0.15) is 11.1 Å². The lowest BCUT2D eigenvalue weighted by atomic mass is 10.1. The summed E-state index contributed by atoms with van der Waals surface area (Å²) in [6, 6.07) is 9.09. The van der Waals surface area contributed by atoms with E-state index in [1.54, 1.807) is 0 Å². The topological polar surface area (TPSA) is 105 Å². The maximum atomic E-state index is 10.9. The Bertz CT molecular complexity index is 774. The van der Waals surface area contributed by atoms with Gasteiger partial charge in [-0.2, -0.15) is 18.6 Å². The zero-order chi connectivity index (χ0) is 15.6. The number of aryl methyl sites for hydroxylation is 2. The fourth-order valence-corrected chi connectivity index (χ4v) is 2.29. The third-order valence-electron chi connectivity index (χ3n) is 2.99. The van der Waals surface area contributed by atoms with Crippen LogP contribution in [0.4, 0.5) is 17.1 Å². The van der Waals surface area contributed by atoms with E-state index in [-0.39, 0.29) is 4.90 Å². The minimum atomic E-state index is -4.19. The molecule has 0 unspecified atom stereocenters. The van der Waals surface area contributed by atoms with Gasteiger partial charge >= 0.3 is 0 Å². The first-order chi connectivity index (χ1) is 9.77. The van der Waals surface area contributed by atoms with Crippen LogP contribution in [0.5, 0.6) is 0 Å². The van der Waals surface area contributed by atoms with E-state index in [2.05, 4.69) is 10.2 Å². The fourth-order valence-electron chi connectivity index (χ4n) is 1.81. The molecule has 0 spiro atoms. The lowest BCUT2D eigenvalue weighted by molar-refractivity contribution is 0.483. The molecule has 2 aromatic carbocycles. The summed E-state index contributed by atoms with van der Waals surface area (Å²) in [5.41, 5.74) is 9.58. The highest BCUT2D eigenvalue weighted by molar-refractivity contribution is 7.85. The van der Waals surface area contributed by atoms with Crippen molar-refractivity contribution < 1.29 is 13.0 Å². The van der Waals surface area contributed by atoms with E-state index >= 15 is 0 Å². The Morgan fingerprint density at radius 1 is 0.952 bits per heavy atom. The van der Waals surface area contributed by atoms with Crippen LogP contribution >= 0.6 is 0 Å². The average molecular weight is 305 g/mol. The molecule has 21 heavy (non-hydrogen) atoms. The number of hydrogen-bond donors (Lipinski definition) is 2. The third-order valence-corrected chi connectivity index (χ3v) is 3.86. The summed E-state index contributed by atoms with van der Waals surface area (Å²) in [6.07, 6.45) is 0. The number of azo groups is 1. The molecule has 0 amide bonds. The first-order valence-corrected chi connectivity index (χ1v) is 7.57. The third kappa shape index (κ3) is 3.65. The van der Waals surface area contributed by atoms with Gasteiger partial charge in [-0.1, -0.05) is 0 Å². The number of nitrogen functional groups attached to an aromatic ring is 1. The minimum Gasteiger partial charge on any atom is -0.398 e. The second-order valence-corrected chi connectivity index (χ2v) is 6.08. The molecule has 2 aromatic rings. The molecule has 0 bridgehead atoms. The van der Waals surface area contributed by atoms with Gasteiger partial charge < -0.3 is 5.73 Å². The largest absolute Gasteiger partial charge is 0.398 e. The normalized spacial score (nSPS) is 12.0. The molecule has 0 aromatic heterocycles. The highest BCUT2D eigenvalue weighted by Gasteiger charge is 2.08. The molecule has 0 aliphatic rings. The van der Waals surface area contributed by atoms with Crippen molar-refractivity contribution in [2.75, 3.05) is 5.73 Å². The Hall–Kier alpha value is -2.25. The van der Waals surface area contributed by atoms with Crippen molar-refractivity contribution in [1.82, 2.24) is 0 Å². The van der Waals surface area contributed by atoms with Crippen LogP contribution in [0, 0.1) is 13.8 Å². The van der Waals surface area contributed by atoms with Crippen molar-refractivity contribution in [1.29, 1.82) is 0 Å². The predicted molar refractivity (Wildman–Crippen MR) is 80.8 cm³/mol. The van der Waals surface area contributed by atoms with Gasteiger partial charge in [-0.3, -0.25) is 4.55 Å². The minimum absolute atomic E-state index is 0.180. The van der Waals surface area contributed by atoms with Gasteiger partial charge in [0.2, 0.25) is 0 Å². The van der Waals surface area contributed by atoms with Crippen LogP contribution in [0.3, 0.4) is 0 Å². The lowest BCUT2D eigenvalue weighted by Crippen LogP contribution is -1.96. The fraction of sp³-hybridized carbons (Fsp3) is 0.143. The van der Waals surface area contributed by atoms with Gasteiger partial charge in [-0.05, 0) is 61.4 Å². The molecule has 6 nitrogen and oxygen atoms in total. The Kier molecular flexibility index (Phi) is 4.06. The Labute approximate surface area is 123 Å². The molecule has 0 saturated carbocycles. The summed E-state index contributed by atoms with van der Waals surface area (Å²) in [4.78, 5) is -0.180. The Balaban J connectivity index is 2.26. The molecule has 0 atom stereocenters. The van der Waals surface area contributed by atoms with E-state index in [0.29, 0.717) is 11.4 Å². The van der Waals surface area contributed by atoms with Crippen molar-refractivity contribution >= 4 is 27.2 Å². The van der Waals surface area contributed by atoms with Crippen molar-refractivity contribution in [3.8, 4) is 0 Å². The predicted octanol–water partition coefficient (Wildman–Crippen LogP) is 3.55. The SMILES string of the molecule is Cc1cc(N=Nc2ccc(S(=O)(=O)O)cc2)cc(C)c1N. The molecule has 0 radical (unpaired) electrons. The first kappa shape index (κ1) is 15.1. The molecular weight excluding hydrogens is 290 g/mol. The van der Waals surface area contributed by atoms with E-state index in [0.717, 1.165) is 16.8 Å². The summed E-state index contributed by atoms with van der Waals surface area (Å²) in [6.45, 7) is 3.78. The van der Waals surface area contributed by atoms with Gasteiger partial charge in [0.1, 0.15) is 0 Å². The molecule has 3 N–H and O–H groups in total. The maximum absolute atomic E-state index is 10.9. The smallest absolute Gasteiger partial charge is 0.294 e. The number of benzene rings is 2. The van der Waals surface area contributed by atoms with Crippen LogP contribution in [-0.4, -0.2) is 13.0 Å². The summed E-state index contributed by atoms with van der Waals surface area (Å²) in [7, 11) is -4.19. The van der Waals surface area contributed by atoms with E-state index in [1.807, 2.05) is 26.0 Å². The first-order valence-electron chi connectivity index (χ1n) is 6.13. The molecule has 2 rings (SSSR count). The highest BCUT2D eigenvalue weighted by atomic mass is 32.2. The summed E-state index contributed by atoms with van der Waals surface area (Å²) < 4.78 is 30.7. The summed E-state index contributed by atoms with van der Waals surface area (Å²) in [5.74, 6) is 0. The Morgan fingerprint density at radius 3 is 1.90 bits per heavy atom. The van der Waals surface area contributed by atoms with Gasteiger partial charge in [0.05, 0.1) is 16.3 Å². The van der Waals surface area contributed by atoms with Crippen molar-refractivity contribution in [3.63, 3.8) is 0 Å². The van der Waals surface area contributed by atoms with Crippen LogP contribution in [0.2, 0.25) is 0 Å². The zero-order valence-electron chi connectivity index (χ0n) is 11.6. The second-order valence-electron chi connectivity index (χ2n) is 4.66. The molecule has 0 fully saturated rings. The maximum Gasteiger partial charge on any atom is 0.294 e. The van der Waals surface area contributed by atoms with Crippen molar-refractivity contribution in [2.45, 2.75) is 18.7 Å². The lowest BCUT2D eigenvalue weighted by Gasteiger charge is -2.04. The number of nitrogens with two attached hydrogens (primary N) is 1.